The lowest BCUT2D eigenvalue weighted by molar-refractivity contribution is -0.130. The predicted octanol–water partition coefficient (Wildman–Crippen LogP) is 1.83. The van der Waals surface area contributed by atoms with Gasteiger partial charge in [0.05, 0.1) is 11.0 Å². The van der Waals surface area contributed by atoms with Crippen LogP contribution in [0.3, 0.4) is 0 Å². The number of aryl methyl sites for hydroxylation is 1. The van der Waals surface area contributed by atoms with Gasteiger partial charge < -0.3 is 19.5 Å². The molecule has 1 aliphatic rings. The zero-order chi connectivity index (χ0) is 17.6. The second kappa shape index (κ2) is 8.45. The normalized spacial score (nSPS) is 17.5. The number of aromatic nitrogens is 2. The highest BCUT2D eigenvalue weighted by Gasteiger charge is 2.23. The number of carbonyl (C=O) groups excluding carboxylic acids is 1. The summed E-state index contributed by atoms with van der Waals surface area (Å²) in [5, 5.41) is 2.99. The molecule has 0 bridgehead atoms. The zero-order valence-electron chi connectivity index (χ0n) is 15.2. The van der Waals surface area contributed by atoms with E-state index in [0.29, 0.717) is 13.2 Å². The van der Waals surface area contributed by atoms with Crippen molar-refractivity contribution in [2.75, 3.05) is 33.8 Å². The van der Waals surface area contributed by atoms with E-state index in [4.69, 9.17) is 9.72 Å². The second-order valence-corrected chi connectivity index (χ2v) is 6.87. The minimum absolute atomic E-state index is 0.00719. The number of para-hydroxylation sites is 2. The lowest BCUT2D eigenvalue weighted by Gasteiger charge is -2.13. The molecule has 1 aromatic heterocycles. The van der Waals surface area contributed by atoms with Gasteiger partial charge in [0.1, 0.15) is 11.9 Å². The number of fused-ring (bicyclic) bond motifs is 1. The molecule has 1 saturated heterocycles. The van der Waals surface area contributed by atoms with Gasteiger partial charge in [-0.3, -0.25) is 4.79 Å². The Bertz CT molecular complexity index is 705. The van der Waals surface area contributed by atoms with Gasteiger partial charge in [-0.15, -0.1) is 0 Å². The molecule has 1 amide bonds. The van der Waals surface area contributed by atoms with Crippen molar-refractivity contribution in [1.82, 2.24) is 19.8 Å². The van der Waals surface area contributed by atoms with Crippen LogP contribution in [0.5, 0.6) is 0 Å². The quantitative estimate of drug-likeness (QED) is 0.794. The molecule has 1 N–H and O–H groups in total. The molecule has 3 rings (SSSR count). The van der Waals surface area contributed by atoms with E-state index in [0.717, 1.165) is 50.1 Å². The van der Waals surface area contributed by atoms with Crippen LogP contribution in [0.4, 0.5) is 0 Å². The largest absolute Gasteiger partial charge is 0.368 e. The average Bonchev–Trinajstić information content (AvgIpc) is 3.23. The number of hydrogen-bond acceptors (Lipinski definition) is 4. The van der Waals surface area contributed by atoms with Crippen molar-refractivity contribution in [2.24, 2.45) is 0 Å². The summed E-state index contributed by atoms with van der Waals surface area (Å²) in [4.78, 5) is 19.0. The molecule has 1 fully saturated rings. The highest BCUT2D eigenvalue weighted by atomic mass is 16.5. The van der Waals surface area contributed by atoms with Crippen LogP contribution in [0.15, 0.2) is 24.3 Å². The Kier molecular flexibility index (Phi) is 6.04. The average molecular weight is 344 g/mol. The third kappa shape index (κ3) is 4.58. The van der Waals surface area contributed by atoms with Crippen LogP contribution in [0.25, 0.3) is 11.0 Å². The summed E-state index contributed by atoms with van der Waals surface area (Å²) in [6.45, 7) is 3.27. The smallest absolute Gasteiger partial charge is 0.249 e. The summed E-state index contributed by atoms with van der Waals surface area (Å²) in [6.07, 6.45) is 3.34. The summed E-state index contributed by atoms with van der Waals surface area (Å²) < 4.78 is 7.72. The Labute approximate surface area is 149 Å². The van der Waals surface area contributed by atoms with E-state index < -0.39 is 0 Å². The van der Waals surface area contributed by atoms with Crippen molar-refractivity contribution in [3.8, 4) is 0 Å². The lowest BCUT2D eigenvalue weighted by atomic mass is 10.2. The third-order valence-electron chi connectivity index (χ3n) is 4.59. The van der Waals surface area contributed by atoms with Crippen LogP contribution in [0.2, 0.25) is 0 Å². The Morgan fingerprint density at radius 3 is 3.00 bits per heavy atom. The number of nitrogens with zero attached hydrogens (tertiary/aromatic N) is 3. The van der Waals surface area contributed by atoms with Crippen LogP contribution >= 0.6 is 0 Å². The van der Waals surface area contributed by atoms with Crippen LogP contribution in [0.1, 0.15) is 25.1 Å². The summed E-state index contributed by atoms with van der Waals surface area (Å²) in [7, 11) is 4.18. The number of benzene rings is 1. The molecule has 0 spiro atoms. The fraction of sp³-hybridized carbons (Fsp3) is 0.579. The molecule has 2 aromatic rings. The topological polar surface area (TPSA) is 59.4 Å². The Hall–Kier alpha value is -1.92. The van der Waals surface area contributed by atoms with Crippen LogP contribution < -0.4 is 5.32 Å². The third-order valence-corrected chi connectivity index (χ3v) is 4.59. The summed E-state index contributed by atoms with van der Waals surface area (Å²) >= 11 is 0. The number of rotatable bonds is 8. The Balaban J connectivity index is 1.63. The summed E-state index contributed by atoms with van der Waals surface area (Å²) in [6, 6.07) is 8.23. The first kappa shape index (κ1) is 17.9. The Morgan fingerprint density at radius 2 is 2.24 bits per heavy atom. The second-order valence-electron chi connectivity index (χ2n) is 6.87. The molecule has 0 aliphatic carbocycles. The van der Waals surface area contributed by atoms with Crippen LogP contribution in [-0.2, 0) is 22.5 Å². The molecule has 136 valence electrons. The standard InChI is InChI=1S/C19H28N4O2/c1-22(2)12-6-13-23-16-8-4-3-7-15(16)21-18(23)10-11-20-19(24)17-9-5-14-25-17/h3-4,7-8,17H,5-6,9-14H2,1-2H3,(H,20,24). The van der Waals surface area contributed by atoms with Gasteiger partial charge in [0, 0.05) is 26.1 Å². The summed E-state index contributed by atoms with van der Waals surface area (Å²) in [5.41, 5.74) is 2.19. The molecule has 2 heterocycles. The van der Waals surface area contributed by atoms with Crippen LogP contribution in [-0.4, -0.2) is 60.3 Å². The molecule has 1 unspecified atom stereocenters. The number of hydrogen-bond donors (Lipinski definition) is 1. The fourth-order valence-corrected chi connectivity index (χ4v) is 3.31. The maximum Gasteiger partial charge on any atom is 0.249 e. The van der Waals surface area contributed by atoms with Gasteiger partial charge in [0.25, 0.3) is 0 Å². The molecular formula is C19H28N4O2. The monoisotopic (exact) mass is 344 g/mol. The molecule has 1 aliphatic heterocycles. The lowest BCUT2D eigenvalue weighted by Crippen LogP contribution is -2.35. The molecular weight excluding hydrogens is 316 g/mol. The van der Waals surface area contributed by atoms with Gasteiger partial charge in [0.2, 0.25) is 5.91 Å². The maximum atomic E-state index is 12.1. The van der Waals surface area contributed by atoms with Crippen molar-refractivity contribution in [1.29, 1.82) is 0 Å². The SMILES string of the molecule is CN(C)CCCn1c(CCNC(=O)C2CCCO2)nc2ccccc21. The van der Waals surface area contributed by atoms with Crippen molar-refractivity contribution >= 4 is 16.9 Å². The first-order valence-electron chi connectivity index (χ1n) is 9.13. The molecule has 1 aromatic carbocycles. The van der Waals surface area contributed by atoms with Crippen molar-refractivity contribution < 1.29 is 9.53 Å². The number of carbonyl (C=O) groups is 1. The van der Waals surface area contributed by atoms with Gasteiger partial charge in [-0.2, -0.15) is 0 Å². The summed E-state index contributed by atoms with van der Waals surface area (Å²) in [5.74, 6) is 1.04. The fourth-order valence-electron chi connectivity index (χ4n) is 3.31. The number of imidazole rings is 1. The predicted molar refractivity (Wildman–Crippen MR) is 98.6 cm³/mol. The zero-order valence-corrected chi connectivity index (χ0v) is 15.2. The van der Waals surface area contributed by atoms with Gasteiger partial charge in [-0.05, 0) is 52.0 Å². The van der Waals surface area contributed by atoms with E-state index >= 15 is 0 Å². The van der Waals surface area contributed by atoms with Crippen LogP contribution in [0, 0.1) is 0 Å². The Morgan fingerprint density at radius 1 is 1.40 bits per heavy atom. The molecule has 6 nitrogen and oxygen atoms in total. The van der Waals surface area contributed by atoms with Crippen molar-refractivity contribution in [3.63, 3.8) is 0 Å². The number of ether oxygens (including phenoxy) is 1. The van der Waals surface area contributed by atoms with Crippen molar-refractivity contribution in [2.45, 2.75) is 38.3 Å². The van der Waals surface area contributed by atoms with E-state index in [1.54, 1.807) is 0 Å². The van der Waals surface area contributed by atoms with Gasteiger partial charge in [-0.1, -0.05) is 12.1 Å². The maximum absolute atomic E-state index is 12.1. The molecule has 0 radical (unpaired) electrons. The van der Waals surface area contributed by atoms with E-state index in [-0.39, 0.29) is 12.0 Å². The molecule has 25 heavy (non-hydrogen) atoms. The minimum atomic E-state index is -0.265. The van der Waals surface area contributed by atoms with E-state index in [2.05, 4.69) is 41.0 Å². The first-order valence-corrected chi connectivity index (χ1v) is 9.13. The number of nitrogens with one attached hydrogen (secondary N) is 1. The van der Waals surface area contributed by atoms with Gasteiger partial charge >= 0.3 is 0 Å². The minimum Gasteiger partial charge on any atom is -0.368 e. The van der Waals surface area contributed by atoms with E-state index in [9.17, 15) is 4.79 Å². The van der Waals surface area contributed by atoms with E-state index in [1.807, 2.05) is 12.1 Å². The number of amides is 1. The highest BCUT2D eigenvalue weighted by Crippen LogP contribution is 2.17. The molecule has 6 heteroatoms. The highest BCUT2D eigenvalue weighted by molar-refractivity contribution is 5.81. The van der Waals surface area contributed by atoms with Crippen molar-refractivity contribution in [3.05, 3.63) is 30.1 Å². The van der Waals surface area contributed by atoms with E-state index in [1.165, 1.54) is 5.52 Å². The van der Waals surface area contributed by atoms with Gasteiger partial charge in [0.15, 0.2) is 0 Å². The molecule has 0 saturated carbocycles. The first-order chi connectivity index (χ1) is 12.1. The van der Waals surface area contributed by atoms with Gasteiger partial charge in [-0.25, -0.2) is 4.98 Å². The molecule has 1 atom stereocenters.